The molecule has 2 aromatic carbocycles. The monoisotopic (exact) mass is 423 g/mol. The second-order valence-corrected chi connectivity index (χ2v) is 7.78. The average Bonchev–Trinajstić information content (AvgIpc) is 3.37. The first kappa shape index (κ1) is 19.2. The smallest absolute Gasteiger partial charge is 0.265 e. The highest BCUT2D eigenvalue weighted by Gasteiger charge is 2.11. The van der Waals surface area contributed by atoms with Crippen LogP contribution in [0.2, 0.25) is 5.02 Å². The predicted octanol–water partition coefficient (Wildman–Crippen LogP) is 5.48. The van der Waals surface area contributed by atoms with Crippen molar-refractivity contribution in [2.75, 3.05) is 5.32 Å². The van der Waals surface area contributed by atoms with Crippen molar-refractivity contribution in [2.24, 2.45) is 0 Å². The number of hydrogen-bond donors (Lipinski definition) is 1. The molecule has 1 amide bonds. The Hall–Kier alpha value is -3.09. The van der Waals surface area contributed by atoms with Crippen LogP contribution >= 0.6 is 22.9 Å². The summed E-state index contributed by atoms with van der Waals surface area (Å²) >= 11 is 7.41. The lowest BCUT2D eigenvalue weighted by atomic mass is 10.2. The summed E-state index contributed by atoms with van der Waals surface area (Å²) < 4.78 is 7.48. The quantitative estimate of drug-likeness (QED) is 0.428. The summed E-state index contributed by atoms with van der Waals surface area (Å²) in [5.74, 6) is 0.639. The molecule has 2 aromatic heterocycles. The summed E-state index contributed by atoms with van der Waals surface area (Å²) in [7, 11) is 0. The molecule has 0 saturated heterocycles. The first-order valence-electron chi connectivity index (χ1n) is 8.99. The minimum atomic E-state index is -0.164. The number of rotatable bonds is 7. The molecule has 4 rings (SSSR count). The van der Waals surface area contributed by atoms with Gasteiger partial charge in [0.2, 0.25) is 0 Å². The molecule has 0 spiro atoms. The number of aromatic nitrogens is 2. The normalized spacial score (nSPS) is 10.7. The van der Waals surface area contributed by atoms with Gasteiger partial charge < -0.3 is 10.1 Å². The topological polar surface area (TPSA) is 56.2 Å². The highest BCUT2D eigenvalue weighted by molar-refractivity contribution is 7.12. The summed E-state index contributed by atoms with van der Waals surface area (Å²) in [5.41, 5.74) is 2.65. The first-order chi connectivity index (χ1) is 14.2. The fourth-order valence-electron chi connectivity index (χ4n) is 2.78. The molecule has 0 bridgehead atoms. The number of amides is 1. The molecule has 0 aliphatic rings. The van der Waals surface area contributed by atoms with Crippen molar-refractivity contribution < 1.29 is 9.53 Å². The van der Waals surface area contributed by atoms with Crippen LogP contribution in [0.25, 0.3) is 0 Å². The predicted molar refractivity (Wildman–Crippen MR) is 116 cm³/mol. The molecule has 29 heavy (non-hydrogen) atoms. The Kier molecular flexibility index (Phi) is 5.93. The van der Waals surface area contributed by atoms with E-state index in [0.29, 0.717) is 28.7 Å². The van der Waals surface area contributed by atoms with E-state index in [1.807, 2.05) is 66.0 Å². The van der Waals surface area contributed by atoms with E-state index in [1.165, 1.54) is 11.3 Å². The molecule has 0 radical (unpaired) electrons. The van der Waals surface area contributed by atoms with E-state index in [1.54, 1.807) is 17.1 Å². The van der Waals surface area contributed by atoms with E-state index >= 15 is 0 Å². The second-order valence-electron chi connectivity index (χ2n) is 6.43. The van der Waals surface area contributed by atoms with E-state index in [4.69, 9.17) is 16.3 Å². The van der Waals surface area contributed by atoms with Gasteiger partial charge in [-0.2, -0.15) is 5.10 Å². The van der Waals surface area contributed by atoms with Crippen molar-refractivity contribution in [2.45, 2.75) is 13.2 Å². The number of nitrogens with one attached hydrogen (secondary N) is 1. The van der Waals surface area contributed by atoms with E-state index in [2.05, 4.69) is 10.4 Å². The number of ether oxygens (including phenoxy) is 1. The van der Waals surface area contributed by atoms with Gasteiger partial charge >= 0.3 is 0 Å². The number of benzene rings is 2. The van der Waals surface area contributed by atoms with Crippen LogP contribution in [-0.2, 0) is 13.2 Å². The summed E-state index contributed by atoms with van der Waals surface area (Å²) in [5, 5.41) is 9.80. The molecular formula is C22H18ClN3O2S. The number of hydrogen-bond acceptors (Lipinski definition) is 4. The highest BCUT2D eigenvalue weighted by Crippen LogP contribution is 2.19. The fraction of sp³-hybridized carbons (Fsp3) is 0.0909. The Morgan fingerprint density at radius 3 is 2.79 bits per heavy atom. The number of para-hydroxylation sites is 1. The third kappa shape index (κ3) is 5.25. The van der Waals surface area contributed by atoms with Gasteiger partial charge in [0.05, 0.1) is 23.3 Å². The third-order valence-electron chi connectivity index (χ3n) is 4.15. The van der Waals surface area contributed by atoms with Gasteiger partial charge in [-0.25, -0.2) is 0 Å². The molecule has 146 valence electrons. The lowest BCUT2D eigenvalue weighted by molar-refractivity contribution is 0.103. The molecule has 0 aliphatic heterocycles. The summed E-state index contributed by atoms with van der Waals surface area (Å²) in [6.45, 7) is 1.00. The van der Waals surface area contributed by atoms with Crippen LogP contribution in [0.15, 0.2) is 78.4 Å². The van der Waals surface area contributed by atoms with Crippen molar-refractivity contribution >= 4 is 34.5 Å². The maximum absolute atomic E-state index is 12.5. The summed E-state index contributed by atoms with van der Waals surface area (Å²) in [4.78, 5) is 13.1. The molecule has 0 saturated carbocycles. The molecule has 4 aromatic rings. The molecule has 0 unspecified atom stereocenters. The van der Waals surface area contributed by atoms with Crippen molar-refractivity contribution in [3.63, 3.8) is 0 Å². The van der Waals surface area contributed by atoms with E-state index < -0.39 is 0 Å². The molecular weight excluding hydrogens is 406 g/mol. The minimum Gasteiger partial charge on any atom is -0.489 e. The highest BCUT2D eigenvalue weighted by atomic mass is 35.5. The van der Waals surface area contributed by atoms with Crippen LogP contribution in [0, 0.1) is 0 Å². The lowest BCUT2D eigenvalue weighted by Gasteiger charge is -2.03. The molecule has 0 fully saturated rings. The van der Waals surface area contributed by atoms with Gasteiger partial charge in [0.25, 0.3) is 5.91 Å². The zero-order chi connectivity index (χ0) is 20.1. The van der Waals surface area contributed by atoms with Crippen LogP contribution in [0.5, 0.6) is 5.75 Å². The molecule has 0 atom stereocenters. The summed E-state index contributed by atoms with van der Waals surface area (Å²) in [6, 6.07) is 19.1. The van der Waals surface area contributed by atoms with Crippen LogP contribution in [0.3, 0.4) is 0 Å². The summed E-state index contributed by atoms with van der Waals surface area (Å²) in [6.07, 6.45) is 3.43. The van der Waals surface area contributed by atoms with E-state index in [-0.39, 0.29) is 5.91 Å². The minimum absolute atomic E-state index is 0.164. The zero-order valence-corrected chi connectivity index (χ0v) is 17.0. The zero-order valence-electron chi connectivity index (χ0n) is 15.4. The molecule has 7 heteroatoms. The van der Waals surface area contributed by atoms with Crippen LogP contribution in [-0.4, -0.2) is 15.7 Å². The number of carbonyl (C=O) groups is 1. The third-order valence-corrected chi connectivity index (χ3v) is 5.36. The van der Waals surface area contributed by atoms with Gasteiger partial charge in [0.15, 0.2) is 0 Å². The van der Waals surface area contributed by atoms with Crippen molar-refractivity contribution in [1.29, 1.82) is 0 Å². The number of anilines is 1. The Balaban J connectivity index is 1.34. The first-order valence-corrected chi connectivity index (χ1v) is 10.2. The molecule has 0 aliphatic carbocycles. The maximum atomic E-state index is 12.5. The fourth-order valence-corrected chi connectivity index (χ4v) is 3.79. The van der Waals surface area contributed by atoms with Gasteiger partial charge in [-0.3, -0.25) is 9.48 Å². The Morgan fingerprint density at radius 1 is 1.10 bits per heavy atom. The van der Waals surface area contributed by atoms with E-state index in [0.717, 1.165) is 16.9 Å². The molecule has 1 N–H and O–H groups in total. The van der Waals surface area contributed by atoms with Gasteiger partial charge in [0.1, 0.15) is 12.4 Å². The van der Waals surface area contributed by atoms with Crippen molar-refractivity contribution in [3.8, 4) is 5.75 Å². The van der Waals surface area contributed by atoms with Crippen molar-refractivity contribution in [3.05, 3.63) is 99.5 Å². The Labute approximate surface area is 177 Å². The number of thiophene rings is 1. The average molecular weight is 424 g/mol. The Morgan fingerprint density at radius 2 is 1.97 bits per heavy atom. The van der Waals surface area contributed by atoms with E-state index in [9.17, 15) is 4.79 Å². The van der Waals surface area contributed by atoms with Gasteiger partial charge in [0, 0.05) is 16.8 Å². The van der Waals surface area contributed by atoms with Crippen molar-refractivity contribution in [1.82, 2.24) is 9.78 Å². The molecule has 2 heterocycles. The lowest BCUT2D eigenvalue weighted by Crippen LogP contribution is -2.09. The number of halogens is 1. The maximum Gasteiger partial charge on any atom is 0.265 e. The number of carbonyl (C=O) groups excluding carboxylic acids is 1. The van der Waals surface area contributed by atoms with Crippen LogP contribution in [0.4, 0.5) is 5.69 Å². The second kappa shape index (κ2) is 8.94. The van der Waals surface area contributed by atoms with Crippen LogP contribution in [0.1, 0.15) is 20.8 Å². The number of nitrogens with zero attached hydrogens (tertiary/aromatic N) is 2. The van der Waals surface area contributed by atoms with Gasteiger partial charge in [-0.1, -0.05) is 41.9 Å². The SMILES string of the molecule is O=C(Nc1cnn(Cc2cccc(Cl)c2)c1)c1cc(COc2ccccc2)cs1. The van der Waals surface area contributed by atoms with Gasteiger partial charge in [-0.05, 0) is 41.3 Å². The van der Waals surface area contributed by atoms with Gasteiger partial charge in [-0.15, -0.1) is 11.3 Å². The van der Waals surface area contributed by atoms with Crippen LogP contribution < -0.4 is 10.1 Å². The Bertz CT molecular complexity index is 1110. The molecule has 5 nitrogen and oxygen atoms in total. The largest absolute Gasteiger partial charge is 0.489 e. The standard InChI is InChI=1S/C22H18ClN3O2S/c23-18-6-4-5-16(9-18)12-26-13-19(11-24-26)25-22(27)21-10-17(15-29-21)14-28-20-7-2-1-3-8-20/h1-11,13,15H,12,14H2,(H,25,27).